The van der Waals surface area contributed by atoms with Gasteiger partial charge in [-0.1, -0.05) is 0 Å². The lowest BCUT2D eigenvalue weighted by Gasteiger charge is -2.35. The second kappa shape index (κ2) is 5.86. The molecule has 0 amide bonds. The normalized spacial score (nSPS) is 26.7. The molecular weight excluding hydrogens is 250 g/mol. The molecule has 0 bridgehead atoms. The summed E-state index contributed by atoms with van der Waals surface area (Å²) in [5.41, 5.74) is 0. The molecule has 2 rings (SSSR count). The van der Waals surface area contributed by atoms with E-state index in [4.69, 9.17) is 0 Å². The van der Waals surface area contributed by atoms with Crippen molar-refractivity contribution in [1.82, 2.24) is 14.5 Å². The maximum atomic E-state index is 12.2. The fraction of sp³-hybridized carbons (Fsp3) is 1.00. The Morgan fingerprint density at radius 3 is 2.67 bits per heavy atom. The van der Waals surface area contributed by atoms with Gasteiger partial charge in [0.05, 0.1) is 5.75 Å². The Labute approximate surface area is 111 Å². The average molecular weight is 275 g/mol. The molecule has 2 aliphatic rings. The van der Waals surface area contributed by atoms with E-state index in [2.05, 4.69) is 17.3 Å². The molecule has 1 atom stereocenters. The molecule has 0 aromatic carbocycles. The summed E-state index contributed by atoms with van der Waals surface area (Å²) in [5.74, 6) is 0.222. The molecular formula is C12H25N3O2S. The molecule has 1 aliphatic carbocycles. The van der Waals surface area contributed by atoms with Crippen LogP contribution in [0.1, 0.15) is 25.7 Å². The van der Waals surface area contributed by atoms with Gasteiger partial charge in [0, 0.05) is 32.2 Å². The summed E-state index contributed by atoms with van der Waals surface area (Å²) in [6, 6.07) is 0.723. The van der Waals surface area contributed by atoms with Gasteiger partial charge in [-0.05, 0) is 39.3 Å². The molecule has 1 saturated carbocycles. The highest BCUT2D eigenvalue weighted by Crippen LogP contribution is 2.19. The van der Waals surface area contributed by atoms with Crippen molar-refractivity contribution in [3.05, 3.63) is 0 Å². The summed E-state index contributed by atoms with van der Waals surface area (Å²) < 4.78 is 26.0. The highest BCUT2D eigenvalue weighted by atomic mass is 32.2. The summed E-state index contributed by atoms with van der Waals surface area (Å²) in [6.07, 6.45) is 4.46. The largest absolute Gasteiger partial charge is 0.313 e. The standard InChI is InChI=1S/C12H25N3O2S/c1-14-8-3-4-12(10-14)15(2)18(16,17)9-7-13-11-5-6-11/h11-13H,3-10H2,1-2H3. The van der Waals surface area contributed by atoms with Crippen molar-refractivity contribution in [2.24, 2.45) is 0 Å². The zero-order valence-electron chi connectivity index (χ0n) is 11.4. The van der Waals surface area contributed by atoms with Crippen LogP contribution in [-0.2, 0) is 10.0 Å². The molecule has 0 spiro atoms. The quantitative estimate of drug-likeness (QED) is 0.747. The van der Waals surface area contributed by atoms with Crippen molar-refractivity contribution in [2.75, 3.05) is 39.5 Å². The number of hydrogen-bond acceptors (Lipinski definition) is 4. The lowest BCUT2D eigenvalue weighted by molar-refractivity contribution is 0.187. The van der Waals surface area contributed by atoms with E-state index in [1.54, 1.807) is 11.4 Å². The van der Waals surface area contributed by atoms with E-state index >= 15 is 0 Å². The summed E-state index contributed by atoms with van der Waals surface area (Å²) in [4.78, 5) is 2.21. The number of sulfonamides is 1. The topological polar surface area (TPSA) is 52.7 Å². The highest BCUT2D eigenvalue weighted by molar-refractivity contribution is 7.89. The molecule has 6 heteroatoms. The van der Waals surface area contributed by atoms with E-state index in [0.717, 1.165) is 25.9 Å². The van der Waals surface area contributed by atoms with Gasteiger partial charge in [-0.25, -0.2) is 12.7 Å². The van der Waals surface area contributed by atoms with Gasteiger partial charge >= 0.3 is 0 Å². The summed E-state index contributed by atoms with van der Waals surface area (Å²) in [5, 5.41) is 3.26. The molecule has 18 heavy (non-hydrogen) atoms. The van der Waals surface area contributed by atoms with Crippen molar-refractivity contribution in [3.63, 3.8) is 0 Å². The molecule has 0 radical (unpaired) electrons. The number of rotatable bonds is 6. The van der Waals surface area contributed by atoms with Crippen LogP contribution >= 0.6 is 0 Å². The maximum absolute atomic E-state index is 12.2. The minimum absolute atomic E-state index is 0.148. The van der Waals surface area contributed by atoms with E-state index in [1.807, 2.05) is 0 Å². The predicted molar refractivity (Wildman–Crippen MR) is 73.1 cm³/mol. The molecule has 5 nitrogen and oxygen atoms in total. The first-order chi connectivity index (χ1) is 8.49. The SMILES string of the molecule is CN1CCCC(N(C)S(=O)(=O)CCNC2CC2)C1. The van der Waals surface area contributed by atoms with E-state index in [0.29, 0.717) is 12.6 Å². The van der Waals surface area contributed by atoms with Gasteiger partial charge in [-0.2, -0.15) is 0 Å². The van der Waals surface area contributed by atoms with E-state index in [1.165, 1.54) is 12.8 Å². The second-order valence-electron chi connectivity index (χ2n) is 5.62. The van der Waals surface area contributed by atoms with Gasteiger partial charge in [-0.3, -0.25) is 0 Å². The zero-order valence-corrected chi connectivity index (χ0v) is 12.2. The van der Waals surface area contributed by atoms with Gasteiger partial charge in [0.15, 0.2) is 0 Å². The fourth-order valence-corrected chi connectivity index (χ4v) is 3.78. The van der Waals surface area contributed by atoms with Gasteiger partial charge < -0.3 is 10.2 Å². The van der Waals surface area contributed by atoms with Gasteiger partial charge in [-0.15, -0.1) is 0 Å². The fourth-order valence-electron chi connectivity index (χ4n) is 2.49. The van der Waals surface area contributed by atoms with Crippen LogP contribution in [-0.4, -0.2) is 69.2 Å². The minimum Gasteiger partial charge on any atom is -0.313 e. The van der Waals surface area contributed by atoms with Gasteiger partial charge in [0.25, 0.3) is 0 Å². The molecule has 1 unspecified atom stereocenters. The molecule has 0 aromatic heterocycles. The molecule has 2 fully saturated rings. The molecule has 1 saturated heterocycles. The Morgan fingerprint density at radius 2 is 2.06 bits per heavy atom. The van der Waals surface area contributed by atoms with Crippen LogP contribution in [0.25, 0.3) is 0 Å². The zero-order chi connectivity index (χ0) is 13.2. The number of nitrogens with zero attached hydrogens (tertiary/aromatic N) is 2. The summed E-state index contributed by atoms with van der Waals surface area (Å²) in [7, 11) is 0.682. The van der Waals surface area contributed by atoms with Crippen LogP contribution in [0.4, 0.5) is 0 Å². The van der Waals surface area contributed by atoms with Crippen molar-refractivity contribution in [3.8, 4) is 0 Å². The number of nitrogens with one attached hydrogen (secondary N) is 1. The van der Waals surface area contributed by atoms with Crippen LogP contribution < -0.4 is 5.32 Å². The lowest BCUT2D eigenvalue weighted by atomic mass is 10.1. The van der Waals surface area contributed by atoms with Crippen LogP contribution in [0, 0.1) is 0 Å². The monoisotopic (exact) mass is 275 g/mol. The van der Waals surface area contributed by atoms with Crippen molar-refractivity contribution in [2.45, 2.75) is 37.8 Å². The van der Waals surface area contributed by atoms with E-state index in [9.17, 15) is 8.42 Å². The Hall–Kier alpha value is -0.170. The van der Waals surface area contributed by atoms with Gasteiger partial charge in [0.1, 0.15) is 0 Å². The number of hydrogen-bond donors (Lipinski definition) is 1. The van der Waals surface area contributed by atoms with E-state index < -0.39 is 10.0 Å². The number of likely N-dealkylation sites (tertiary alicyclic amines) is 1. The second-order valence-corrected chi connectivity index (χ2v) is 7.77. The van der Waals surface area contributed by atoms with Gasteiger partial charge in [0.2, 0.25) is 10.0 Å². The molecule has 0 aromatic rings. The Morgan fingerprint density at radius 1 is 1.33 bits per heavy atom. The molecule has 1 aliphatic heterocycles. The average Bonchev–Trinajstić information content (AvgIpc) is 3.12. The Kier molecular flexibility index (Phi) is 4.64. The third kappa shape index (κ3) is 3.91. The third-order valence-corrected chi connectivity index (χ3v) is 5.82. The molecule has 106 valence electrons. The summed E-state index contributed by atoms with van der Waals surface area (Å²) in [6.45, 7) is 2.51. The van der Waals surface area contributed by atoms with E-state index in [-0.39, 0.29) is 11.8 Å². The lowest BCUT2D eigenvalue weighted by Crippen LogP contribution is -2.48. The first kappa shape index (κ1) is 14.2. The van der Waals surface area contributed by atoms with Crippen LogP contribution in [0.15, 0.2) is 0 Å². The van der Waals surface area contributed by atoms with Crippen molar-refractivity contribution in [1.29, 1.82) is 0 Å². The number of piperidine rings is 1. The smallest absolute Gasteiger partial charge is 0.215 e. The molecule has 1 heterocycles. The van der Waals surface area contributed by atoms with Crippen LogP contribution in [0.5, 0.6) is 0 Å². The van der Waals surface area contributed by atoms with Crippen molar-refractivity contribution >= 4 is 10.0 Å². The Balaban J connectivity index is 1.82. The first-order valence-electron chi connectivity index (χ1n) is 6.86. The Bertz CT molecular complexity index is 368. The third-order valence-electron chi connectivity index (χ3n) is 3.92. The first-order valence-corrected chi connectivity index (χ1v) is 8.47. The highest BCUT2D eigenvalue weighted by Gasteiger charge is 2.29. The van der Waals surface area contributed by atoms with Crippen LogP contribution in [0.3, 0.4) is 0 Å². The minimum atomic E-state index is -3.11. The molecule has 1 N–H and O–H groups in total. The predicted octanol–water partition coefficient (Wildman–Crippen LogP) is 0.0942. The van der Waals surface area contributed by atoms with Crippen molar-refractivity contribution < 1.29 is 8.42 Å². The maximum Gasteiger partial charge on any atom is 0.215 e. The summed E-state index contributed by atoms with van der Waals surface area (Å²) >= 11 is 0. The number of likely N-dealkylation sites (N-methyl/N-ethyl adjacent to an activating group) is 2. The van der Waals surface area contributed by atoms with Crippen LogP contribution in [0.2, 0.25) is 0 Å².